The van der Waals surface area contributed by atoms with E-state index in [1.54, 1.807) is 0 Å². The van der Waals surface area contributed by atoms with Crippen molar-refractivity contribution in [1.82, 2.24) is 19.8 Å². The van der Waals surface area contributed by atoms with Crippen LogP contribution in [0.4, 0.5) is 4.79 Å². The van der Waals surface area contributed by atoms with E-state index in [2.05, 4.69) is 29.4 Å². The van der Waals surface area contributed by atoms with Gasteiger partial charge in [-0.15, -0.1) is 0 Å². The van der Waals surface area contributed by atoms with Gasteiger partial charge in [-0.05, 0) is 31.6 Å². The largest absolute Gasteiger partial charge is 0.335 e. The fourth-order valence-corrected chi connectivity index (χ4v) is 4.39. The number of likely N-dealkylation sites (tertiary alicyclic amines) is 1. The van der Waals surface area contributed by atoms with Crippen LogP contribution in [0.15, 0.2) is 0 Å². The summed E-state index contributed by atoms with van der Waals surface area (Å²) in [4.78, 5) is 14.6. The van der Waals surface area contributed by atoms with Crippen molar-refractivity contribution in [1.29, 1.82) is 0 Å². The molecule has 0 aromatic carbocycles. The molecular weight excluding hydrogens is 328 g/mol. The van der Waals surface area contributed by atoms with Crippen LogP contribution >= 0.6 is 0 Å². The SMILES string of the molecule is CC(C)CN1CCC(NC(=O)NC2CCN(S(C)(=O)=O)CC2)CC1. The Balaban J connectivity index is 1.66. The summed E-state index contributed by atoms with van der Waals surface area (Å²) in [6, 6.07) is 0.184. The van der Waals surface area contributed by atoms with Crippen molar-refractivity contribution < 1.29 is 13.2 Å². The van der Waals surface area contributed by atoms with Gasteiger partial charge in [-0.25, -0.2) is 17.5 Å². The minimum absolute atomic E-state index is 0.0593. The van der Waals surface area contributed by atoms with Crippen LogP contribution in [-0.2, 0) is 10.0 Å². The van der Waals surface area contributed by atoms with E-state index in [9.17, 15) is 13.2 Å². The molecule has 0 saturated carbocycles. The fourth-order valence-electron chi connectivity index (χ4n) is 3.52. The normalized spacial score (nSPS) is 22.7. The molecule has 2 heterocycles. The smallest absolute Gasteiger partial charge is 0.315 e. The lowest BCUT2D eigenvalue weighted by atomic mass is 10.0. The third-order valence-electron chi connectivity index (χ3n) is 4.80. The molecule has 2 saturated heterocycles. The molecule has 0 bridgehead atoms. The van der Waals surface area contributed by atoms with E-state index in [1.807, 2.05) is 0 Å². The molecule has 2 N–H and O–H groups in total. The predicted octanol–water partition coefficient (Wildman–Crippen LogP) is 0.830. The number of rotatable bonds is 5. The third-order valence-corrected chi connectivity index (χ3v) is 6.11. The molecule has 2 rings (SSSR count). The number of nitrogens with zero attached hydrogens (tertiary/aromatic N) is 2. The van der Waals surface area contributed by atoms with Crippen molar-refractivity contribution in [3.63, 3.8) is 0 Å². The van der Waals surface area contributed by atoms with Gasteiger partial charge in [-0.3, -0.25) is 0 Å². The average molecular weight is 361 g/mol. The van der Waals surface area contributed by atoms with Crippen LogP contribution in [-0.4, -0.2) is 74.7 Å². The first kappa shape index (κ1) is 19.5. The molecule has 0 atom stereocenters. The highest BCUT2D eigenvalue weighted by atomic mass is 32.2. The molecule has 8 heteroatoms. The number of amides is 2. The maximum atomic E-state index is 12.1. The Labute approximate surface area is 146 Å². The summed E-state index contributed by atoms with van der Waals surface area (Å²) in [5, 5.41) is 6.07. The lowest BCUT2D eigenvalue weighted by molar-refractivity contribution is 0.176. The Kier molecular flexibility index (Phi) is 6.88. The molecule has 0 aliphatic carbocycles. The molecule has 2 amide bonds. The van der Waals surface area contributed by atoms with Crippen molar-refractivity contribution in [2.45, 2.75) is 51.6 Å². The summed E-state index contributed by atoms with van der Waals surface area (Å²) >= 11 is 0. The highest BCUT2D eigenvalue weighted by molar-refractivity contribution is 7.88. The quantitative estimate of drug-likeness (QED) is 0.761. The van der Waals surface area contributed by atoms with E-state index in [1.165, 1.54) is 10.6 Å². The Morgan fingerprint density at radius 1 is 1.00 bits per heavy atom. The van der Waals surface area contributed by atoms with Gasteiger partial charge in [0.1, 0.15) is 0 Å². The molecule has 0 aromatic heterocycles. The Bertz CT molecular complexity index is 507. The number of hydrogen-bond acceptors (Lipinski definition) is 4. The van der Waals surface area contributed by atoms with Gasteiger partial charge in [0.15, 0.2) is 0 Å². The average Bonchev–Trinajstić information content (AvgIpc) is 2.48. The minimum Gasteiger partial charge on any atom is -0.335 e. The second-order valence-corrected chi connectivity index (χ2v) is 9.51. The van der Waals surface area contributed by atoms with E-state index in [-0.39, 0.29) is 18.1 Å². The highest BCUT2D eigenvalue weighted by Crippen LogP contribution is 2.14. The van der Waals surface area contributed by atoms with E-state index in [4.69, 9.17) is 0 Å². The number of urea groups is 1. The number of carbonyl (C=O) groups is 1. The fraction of sp³-hybridized carbons (Fsp3) is 0.938. The van der Waals surface area contributed by atoms with Crippen molar-refractivity contribution in [3.05, 3.63) is 0 Å². The van der Waals surface area contributed by atoms with E-state index in [0.717, 1.165) is 32.5 Å². The monoisotopic (exact) mass is 360 g/mol. The molecule has 140 valence electrons. The van der Waals surface area contributed by atoms with Crippen LogP contribution in [0.2, 0.25) is 0 Å². The van der Waals surface area contributed by atoms with Gasteiger partial charge >= 0.3 is 6.03 Å². The Hall–Kier alpha value is -0.860. The van der Waals surface area contributed by atoms with Crippen LogP contribution < -0.4 is 10.6 Å². The van der Waals surface area contributed by atoms with Gasteiger partial charge in [0.2, 0.25) is 10.0 Å². The van der Waals surface area contributed by atoms with E-state index < -0.39 is 10.0 Å². The van der Waals surface area contributed by atoms with Crippen molar-refractivity contribution >= 4 is 16.1 Å². The summed E-state index contributed by atoms with van der Waals surface area (Å²) < 4.78 is 24.5. The Morgan fingerprint density at radius 3 is 1.88 bits per heavy atom. The first-order valence-corrected chi connectivity index (χ1v) is 10.8. The van der Waals surface area contributed by atoms with Gasteiger partial charge in [0, 0.05) is 44.8 Å². The molecule has 0 aromatic rings. The molecule has 0 radical (unpaired) electrons. The topological polar surface area (TPSA) is 81.8 Å². The highest BCUT2D eigenvalue weighted by Gasteiger charge is 2.27. The van der Waals surface area contributed by atoms with Gasteiger partial charge < -0.3 is 15.5 Å². The van der Waals surface area contributed by atoms with Crippen LogP contribution in [0, 0.1) is 5.92 Å². The van der Waals surface area contributed by atoms with E-state index in [0.29, 0.717) is 31.8 Å². The molecule has 7 nitrogen and oxygen atoms in total. The van der Waals surface area contributed by atoms with Crippen LogP contribution in [0.25, 0.3) is 0 Å². The van der Waals surface area contributed by atoms with E-state index >= 15 is 0 Å². The lowest BCUT2D eigenvalue weighted by Gasteiger charge is -2.34. The van der Waals surface area contributed by atoms with Gasteiger partial charge in [0.05, 0.1) is 6.26 Å². The number of piperidine rings is 2. The summed E-state index contributed by atoms with van der Waals surface area (Å²) in [5.74, 6) is 0.676. The zero-order valence-corrected chi connectivity index (χ0v) is 15.9. The van der Waals surface area contributed by atoms with Crippen molar-refractivity contribution in [2.24, 2.45) is 5.92 Å². The second-order valence-electron chi connectivity index (χ2n) is 7.52. The molecular formula is C16H32N4O3S. The second kappa shape index (κ2) is 8.49. The molecule has 0 spiro atoms. The number of nitrogens with one attached hydrogen (secondary N) is 2. The molecule has 2 aliphatic heterocycles. The van der Waals surface area contributed by atoms with Crippen LogP contribution in [0.3, 0.4) is 0 Å². The summed E-state index contributed by atoms with van der Waals surface area (Å²) in [5.41, 5.74) is 0. The summed E-state index contributed by atoms with van der Waals surface area (Å²) in [6.45, 7) is 8.62. The molecule has 24 heavy (non-hydrogen) atoms. The van der Waals surface area contributed by atoms with Crippen LogP contribution in [0.5, 0.6) is 0 Å². The lowest BCUT2D eigenvalue weighted by Crippen LogP contribution is -2.52. The first-order chi connectivity index (χ1) is 11.2. The zero-order valence-electron chi connectivity index (χ0n) is 15.1. The van der Waals surface area contributed by atoms with Crippen molar-refractivity contribution in [2.75, 3.05) is 39.0 Å². The molecule has 0 unspecified atom stereocenters. The van der Waals surface area contributed by atoms with Crippen LogP contribution in [0.1, 0.15) is 39.5 Å². The van der Waals surface area contributed by atoms with Gasteiger partial charge in [-0.1, -0.05) is 13.8 Å². The van der Waals surface area contributed by atoms with Crippen molar-refractivity contribution in [3.8, 4) is 0 Å². The maximum absolute atomic E-state index is 12.1. The standard InChI is InChI=1S/C16H32N4O3S/c1-13(2)12-19-8-4-14(5-9-19)17-16(21)18-15-6-10-20(11-7-15)24(3,22)23/h13-15H,4-12H2,1-3H3,(H2,17,18,21). The molecule has 2 aliphatic rings. The predicted molar refractivity (Wildman–Crippen MR) is 95.4 cm³/mol. The first-order valence-electron chi connectivity index (χ1n) is 8.98. The van der Waals surface area contributed by atoms with Gasteiger partial charge in [0.25, 0.3) is 0 Å². The Morgan fingerprint density at radius 2 is 1.46 bits per heavy atom. The zero-order chi connectivity index (χ0) is 17.7. The number of sulfonamides is 1. The maximum Gasteiger partial charge on any atom is 0.315 e. The summed E-state index contributed by atoms with van der Waals surface area (Å²) in [6.07, 6.45) is 4.57. The minimum atomic E-state index is -3.11. The third kappa shape index (κ3) is 6.22. The molecule has 2 fully saturated rings. The summed E-state index contributed by atoms with van der Waals surface area (Å²) in [7, 11) is -3.11. The number of carbonyl (C=O) groups excluding carboxylic acids is 1. The number of hydrogen-bond donors (Lipinski definition) is 2. The van der Waals surface area contributed by atoms with Gasteiger partial charge in [-0.2, -0.15) is 0 Å².